The summed E-state index contributed by atoms with van der Waals surface area (Å²) in [7, 11) is 0. The molecule has 1 N–H and O–H groups in total. The van der Waals surface area contributed by atoms with E-state index in [1.165, 1.54) is 0 Å². The van der Waals surface area contributed by atoms with Crippen LogP contribution in [0.2, 0.25) is 0 Å². The van der Waals surface area contributed by atoms with Crippen LogP contribution < -0.4 is 5.32 Å². The standard InChI is InChI=1S/C20H18N4OS/c1-12-8-9-15(10-13(12)2)19(25)22-18-11-14(3)23-24(18)20-21-16-6-4-5-7-17(16)26-20/h4-11H,1-3H3,(H,22,25). The number of nitrogens with one attached hydrogen (secondary N) is 1. The first-order chi connectivity index (χ1) is 12.5. The summed E-state index contributed by atoms with van der Waals surface area (Å²) in [4.78, 5) is 17.3. The lowest BCUT2D eigenvalue weighted by atomic mass is 10.1. The molecular formula is C20H18N4OS. The summed E-state index contributed by atoms with van der Waals surface area (Å²) < 4.78 is 2.78. The van der Waals surface area contributed by atoms with Crippen molar-refractivity contribution in [3.63, 3.8) is 0 Å². The van der Waals surface area contributed by atoms with E-state index in [1.54, 1.807) is 16.0 Å². The monoisotopic (exact) mass is 362 g/mol. The van der Waals surface area contributed by atoms with E-state index in [9.17, 15) is 4.79 Å². The van der Waals surface area contributed by atoms with E-state index < -0.39 is 0 Å². The number of fused-ring (bicyclic) bond motifs is 1. The lowest BCUT2D eigenvalue weighted by Crippen LogP contribution is -2.15. The SMILES string of the molecule is Cc1cc(NC(=O)c2ccc(C)c(C)c2)n(-c2nc3ccccc3s2)n1. The number of amides is 1. The highest BCUT2D eigenvalue weighted by atomic mass is 32.1. The Morgan fingerprint density at radius 1 is 1.04 bits per heavy atom. The molecule has 0 saturated heterocycles. The Kier molecular flexibility index (Phi) is 4.05. The first kappa shape index (κ1) is 16.5. The summed E-state index contributed by atoms with van der Waals surface area (Å²) in [5, 5.41) is 8.20. The molecule has 0 bridgehead atoms. The van der Waals surface area contributed by atoms with Crippen molar-refractivity contribution in [1.29, 1.82) is 0 Å². The van der Waals surface area contributed by atoms with Crippen LogP contribution in [0.4, 0.5) is 5.82 Å². The van der Waals surface area contributed by atoms with Crippen molar-refractivity contribution in [3.05, 3.63) is 70.9 Å². The Morgan fingerprint density at radius 3 is 2.62 bits per heavy atom. The number of hydrogen-bond donors (Lipinski definition) is 1. The summed E-state index contributed by atoms with van der Waals surface area (Å²) in [5.41, 5.74) is 4.62. The molecule has 0 spiro atoms. The highest BCUT2D eigenvalue weighted by Crippen LogP contribution is 2.27. The Balaban J connectivity index is 1.69. The van der Waals surface area contributed by atoms with Gasteiger partial charge < -0.3 is 5.32 Å². The number of thiazole rings is 1. The Labute approximate surface area is 155 Å². The van der Waals surface area contributed by atoms with Gasteiger partial charge in [-0.25, -0.2) is 4.98 Å². The number of hydrogen-bond acceptors (Lipinski definition) is 4. The van der Waals surface area contributed by atoms with E-state index in [0.717, 1.165) is 32.2 Å². The zero-order valence-electron chi connectivity index (χ0n) is 14.8. The zero-order valence-corrected chi connectivity index (χ0v) is 15.6. The highest BCUT2D eigenvalue weighted by Gasteiger charge is 2.15. The molecule has 5 nitrogen and oxygen atoms in total. The largest absolute Gasteiger partial charge is 0.306 e. The minimum absolute atomic E-state index is 0.157. The smallest absolute Gasteiger partial charge is 0.256 e. The molecule has 0 aliphatic carbocycles. The number of carbonyl (C=O) groups is 1. The number of carbonyl (C=O) groups excluding carboxylic acids is 1. The van der Waals surface area contributed by atoms with Crippen molar-refractivity contribution in [2.24, 2.45) is 0 Å². The fraction of sp³-hybridized carbons (Fsp3) is 0.150. The number of rotatable bonds is 3. The molecule has 2 heterocycles. The fourth-order valence-electron chi connectivity index (χ4n) is 2.76. The van der Waals surface area contributed by atoms with Crippen LogP contribution in [-0.2, 0) is 0 Å². The maximum absolute atomic E-state index is 12.7. The first-order valence-corrected chi connectivity index (χ1v) is 9.14. The summed E-state index contributed by atoms with van der Waals surface area (Å²) in [6, 6.07) is 15.5. The van der Waals surface area contributed by atoms with Crippen molar-refractivity contribution in [2.75, 3.05) is 5.32 Å². The number of para-hydroxylation sites is 1. The molecule has 4 rings (SSSR count). The molecule has 26 heavy (non-hydrogen) atoms. The van der Waals surface area contributed by atoms with Crippen molar-refractivity contribution < 1.29 is 4.79 Å². The van der Waals surface area contributed by atoms with Crippen LogP contribution >= 0.6 is 11.3 Å². The molecule has 6 heteroatoms. The van der Waals surface area contributed by atoms with Gasteiger partial charge in [-0.2, -0.15) is 9.78 Å². The summed E-state index contributed by atoms with van der Waals surface area (Å²) in [6.45, 7) is 5.93. The second-order valence-electron chi connectivity index (χ2n) is 6.30. The number of nitrogens with zero attached hydrogens (tertiary/aromatic N) is 3. The van der Waals surface area contributed by atoms with E-state index in [1.807, 2.05) is 69.3 Å². The molecule has 0 saturated carbocycles. The number of benzene rings is 2. The van der Waals surface area contributed by atoms with Crippen LogP contribution in [0.5, 0.6) is 0 Å². The van der Waals surface area contributed by atoms with Gasteiger partial charge in [0, 0.05) is 11.6 Å². The average molecular weight is 362 g/mol. The Hall–Kier alpha value is -2.99. The van der Waals surface area contributed by atoms with Crippen molar-refractivity contribution >= 4 is 33.3 Å². The van der Waals surface area contributed by atoms with Crippen LogP contribution in [0.3, 0.4) is 0 Å². The van der Waals surface area contributed by atoms with Gasteiger partial charge in [-0.05, 0) is 56.2 Å². The topological polar surface area (TPSA) is 59.8 Å². The quantitative estimate of drug-likeness (QED) is 0.577. The minimum atomic E-state index is -0.157. The van der Waals surface area contributed by atoms with Gasteiger partial charge in [0.25, 0.3) is 5.91 Å². The third-order valence-corrected chi connectivity index (χ3v) is 5.32. The van der Waals surface area contributed by atoms with Crippen LogP contribution in [-0.4, -0.2) is 20.7 Å². The lowest BCUT2D eigenvalue weighted by Gasteiger charge is -2.08. The van der Waals surface area contributed by atoms with E-state index >= 15 is 0 Å². The molecule has 0 radical (unpaired) electrons. The number of aromatic nitrogens is 3. The summed E-state index contributed by atoms with van der Waals surface area (Å²) in [6.07, 6.45) is 0. The molecule has 0 aliphatic heterocycles. The van der Waals surface area contributed by atoms with E-state index in [2.05, 4.69) is 15.4 Å². The van der Waals surface area contributed by atoms with Crippen molar-refractivity contribution in [3.8, 4) is 5.13 Å². The van der Waals surface area contributed by atoms with Gasteiger partial charge in [-0.1, -0.05) is 29.5 Å². The van der Waals surface area contributed by atoms with Crippen molar-refractivity contribution in [1.82, 2.24) is 14.8 Å². The van der Waals surface area contributed by atoms with Gasteiger partial charge in [-0.3, -0.25) is 4.79 Å². The van der Waals surface area contributed by atoms with Crippen LogP contribution in [0.25, 0.3) is 15.3 Å². The molecule has 0 atom stereocenters. The maximum Gasteiger partial charge on any atom is 0.256 e. The molecule has 0 unspecified atom stereocenters. The third-order valence-electron chi connectivity index (χ3n) is 4.31. The summed E-state index contributed by atoms with van der Waals surface area (Å²) in [5.74, 6) is 0.458. The first-order valence-electron chi connectivity index (χ1n) is 8.32. The number of aryl methyl sites for hydroxylation is 3. The third kappa shape index (κ3) is 2.99. The predicted molar refractivity (Wildman–Crippen MR) is 105 cm³/mol. The van der Waals surface area contributed by atoms with Crippen LogP contribution in [0.1, 0.15) is 27.2 Å². The molecule has 4 aromatic rings. The minimum Gasteiger partial charge on any atom is -0.306 e. The van der Waals surface area contributed by atoms with Gasteiger partial charge in [0.15, 0.2) is 0 Å². The van der Waals surface area contributed by atoms with E-state index in [0.29, 0.717) is 11.4 Å². The van der Waals surface area contributed by atoms with Gasteiger partial charge in [0.05, 0.1) is 15.9 Å². The molecule has 0 fully saturated rings. The van der Waals surface area contributed by atoms with Crippen LogP contribution in [0, 0.1) is 20.8 Å². The predicted octanol–water partition coefficient (Wildman–Crippen LogP) is 4.66. The molecule has 1 amide bonds. The lowest BCUT2D eigenvalue weighted by molar-refractivity contribution is 0.102. The Bertz CT molecular complexity index is 1090. The molecule has 2 aromatic carbocycles. The second-order valence-corrected chi connectivity index (χ2v) is 7.31. The second kappa shape index (κ2) is 6.38. The summed E-state index contributed by atoms with van der Waals surface area (Å²) >= 11 is 1.54. The molecular weight excluding hydrogens is 344 g/mol. The molecule has 0 aliphatic rings. The normalized spacial score (nSPS) is 11.0. The van der Waals surface area contributed by atoms with Gasteiger partial charge in [0.2, 0.25) is 5.13 Å². The van der Waals surface area contributed by atoms with E-state index in [4.69, 9.17) is 0 Å². The van der Waals surface area contributed by atoms with Gasteiger partial charge in [0.1, 0.15) is 5.82 Å². The zero-order chi connectivity index (χ0) is 18.3. The molecule has 130 valence electrons. The fourth-order valence-corrected chi connectivity index (χ4v) is 3.69. The maximum atomic E-state index is 12.7. The average Bonchev–Trinajstić information content (AvgIpc) is 3.20. The molecule has 2 aromatic heterocycles. The van der Waals surface area contributed by atoms with E-state index in [-0.39, 0.29) is 5.91 Å². The van der Waals surface area contributed by atoms with Crippen LogP contribution in [0.15, 0.2) is 48.5 Å². The number of anilines is 1. The van der Waals surface area contributed by atoms with Crippen molar-refractivity contribution in [2.45, 2.75) is 20.8 Å². The van der Waals surface area contributed by atoms with Gasteiger partial charge >= 0.3 is 0 Å². The highest BCUT2D eigenvalue weighted by molar-refractivity contribution is 7.20. The Morgan fingerprint density at radius 2 is 1.85 bits per heavy atom. The van der Waals surface area contributed by atoms with Gasteiger partial charge in [-0.15, -0.1) is 0 Å².